The molecule has 0 unspecified atom stereocenters. The molecule has 0 radical (unpaired) electrons. The standard InChI is InChI=1S/C10H11N3O3S/c1-6-2-7(13-16-6)3-11-4-8-5-17-9(12-8)10(14)15/h2,5,11H,3-4H2,1H3,(H,14,15). The van der Waals surface area contributed by atoms with E-state index >= 15 is 0 Å². The van der Waals surface area contributed by atoms with Crippen LogP contribution in [0.1, 0.15) is 27.0 Å². The smallest absolute Gasteiger partial charge is 0.365 e. The zero-order valence-electron chi connectivity index (χ0n) is 9.14. The monoisotopic (exact) mass is 253 g/mol. The highest BCUT2D eigenvalue weighted by Crippen LogP contribution is 2.09. The molecule has 0 aliphatic heterocycles. The number of aromatic carboxylic acids is 1. The Morgan fingerprint density at radius 3 is 2.88 bits per heavy atom. The van der Waals surface area contributed by atoms with Gasteiger partial charge in [-0.1, -0.05) is 5.16 Å². The van der Waals surface area contributed by atoms with Gasteiger partial charge in [-0.05, 0) is 6.92 Å². The molecule has 0 aliphatic rings. The van der Waals surface area contributed by atoms with Crippen molar-refractivity contribution in [2.24, 2.45) is 0 Å². The van der Waals surface area contributed by atoms with E-state index in [9.17, 15) is 4.79 Å². The molecule has 0 bridgehead atoms. The zero-order valence-corrected chi connectivity index (χ0v) is 9.95. The minimum absolute atomic E-state index is 0.110. The molecule has 2 aromatic rings. The minimum Gasteiger partial charge on any atom is -0.476 e. The highest BCUT2D eigenvalue weighted by atomic mass is 32.1. The van der Waals surface area contributed by atoms with Gasteiger partial charge in [-0.2, -0.15) is 0 Å². The van der Waals surface area contributed by atoms with Gasteiger partial charge >= 0.3 is 5.97 Å². The van der Waals surface area contributed by atoms with E-state index in [4.69, 9.17) is 9.63 Å². The zero-order chi connectivity index (χ0) is 12.3. The van der Waals surface area contributed by atoms with Crippen molar-refractivity contribution >= 4 is 17.3 Å². The lowest BCUT2D eigenvalue weighted by molar-refractivity contribution is 0.0696. The Labute approximate surface area is 101 Å². The largest absolute Gasteiger partial charge is 0.476 e. The Morgan fingerprint density at radius 2 is 2.29 bits per heavy atom. The van der Waals surface area contributed by atoms with Crippen molar-refractivity contribution < 1.29 is 14.4 Å². The first-order valence-electron chi connectivity index (χ1n) is 4.96. The molecule has 2 heterocycles. The number of rotatable bonds is 5. The number of hydrogen-bond donors (Lipinski definition) is 2. The normalized spacial score (nSPS) is 10.6. The maximum Gasteiger partial charge on any atom is 0.365 e. The molecule has 0 saturated carbocycles. The quantitative estimate of drug-likeness (QED) is 0.838. The average Bonchev–Trinajstić information content (AvgIpc) is 2.88. The summed E-state index contributed by atoms with van der Waals surface area (Å²) in [5, 5.41) is 17.5. The Kier molecular flexibility index (Phi) is 3.50. The second-order valence-electron chi connectivity index (χ2n) is 3.48. The fraction of sp³-hybridized carbons (Fsp3) is 0.300. The van der Waals surface area contributed by atoms with Crippen LogP contribution in [0, 0.1) is 6.92 Å². The summed E-state index contributed by atoms with van der Waals surface area (Å²) in [7, 11) is 0. The lowest BCUT2D eigenvalue weighted by Gasteiger charge is -1.97. The van der Waals surface area contributed by atoms with E-state index in [2.05, 4.69) is 15.5 Å². The number of nitrogens with zero attached hydrogens (tertiary/aromatic N) is 2. The van der Waals surface area contributed by atoms with Crippen molar-refractivity contribution in [3.8, 4) is 0 Å². The van der Waals surface area contributed by atoms with Crippen molar-refractivity contribution in [2.75, 3.05) is 0 Å². The van der Waals surface area contributed by atoms with Gasteiger partial charge in [0, 0.05) is 24.5 Å². The molecule has 2 N–H and O–H groups in total. The van der Waals surface area contributed by atoms with Gasteiger partial charge in [-0.25, -0.2) is 9.78 Å². The topological polar surface area (TPSA) is 88.2 Å². The lowest BCUT2D eigenvalue weighted by Crippen LogP contribution is -2.13. The van der Waals surface area contributed by atoms with Crippen molar-refractivity contribution in [1.82, 2.24) is 15.5 Å². The van der Waals surface area contributed by atoms with Gasteiger partial charge < -0.3 is 14.9 Å². The van der Waals surface area contributed by atoms with E-state index in [1.54, 1.807) is 5.38 Å². The molecule has 0 amide bonds. The first kappa shape index (κ1) is 11.7. The molecule has 90 valence electrons. The summed E-state index contributed by atoms with van der Waals surface area (Å²) in [6, 6.07) is 1.84. The first-order chi connectivity index (χ1) is 8.15. The highest BCUT2D eigenvalue weighted by molar-refractivity contribution is 7.11. The van der Waals surface area contributed by atoms with Crippen LogP contribution in [0.25, 0.3) is 0 Å². The number of carbonyl (C=O) groups is 1. The van der Waals surface area contributed by atoms with Gasteiger partial charge in [0.05, 0.1) is 11.4 Å². The van der Waals surface area contributed by atoms with Gasteiger partial charge in [0.25, 0.3) is 0 Å². The minimum atomic E-state index is -0.992. The predicted molar refractivity (Wildman–Crippen MR) is 60.9 cm³/mol. The molecule has 0 aliphatic carbocycles. The molecular formula is C10H11N3O3S. The number of carboxylic acids is 1. The Balaban J connectivity index is 1.83. The molecule has 17 heavy (non-hydrogen) atoms. The van der Waals surface area contributed by atoms with Crippen LogP contribution >= 0.6 is 11.3 Å². The molecule has 6 nitrogen and oxygen atoms in total. The van der Waals surface area contributed by atoms with E-state index in [0.717, 1.165) is 22.8 Å². The Bertz CT molecular complexity index is 520. The molecule has 2 rings (SSSR count). The predicted octanol–water partition coefficient (Wildman–Crippen LogP) is 1.43. The van der Waals surface area contributed by atoms with Crippen molar-refractivity contribution in [3.63, 3.8) is 0 Å². The average molecular weight is 253 g/mol. The fourth-order valence-electron chi connectivity index (χ4n) is 1.31. The van der Waals surface area contributed by atoms with Crippen LogP contribution in [0.4, 0.5) is 0 Å². The number of nitrogens with one attached hydrogen (secondary N) is 1. The van der Waals surface area contributed by atoms with Crippen LogP contribution in [0.2, 0.25) is 0 Å². The highest BCUT2D eigenvalue weighted by Gasteiger charge is 2.08. The molecule has 0 fully saturated rings. The van der Waals surface area contributed by atoms with E-state index in [1.165, 1.54) is 0 Å². The van der Waals surface area contributed by atoms with Crippen molar-refractivity contribution in [3.05, 3.63) is 33.6 Å². The molecule has 2 aromatic heterocycles. The van der Waals surface area contributed by atoms with Crippen LogP contribution in [0.15, 0.2) is 16.0 Å². The van der Waals surface area contributed by atoms with Crippen LogP contribution < -0.4 is 5.32 Å². The number of carboxylic acid groups (broad SMARTS) is 1. The maximum absolute atomic E-state index is 10.6. The second kappa shape index (κ2) is 5.07. The van der Waals surface area contributed by atoms with E-state index in [1.807, 2.05) is 13.0 Å². The molecule has 0 spiro atoms. The SMILES string of the molecule is Cc1cc(CNCc2csc(C(=O)O)n2)no1. The number of hydrogen-bond acceptors (Lipinski definition) is 6. The molecular weight excluding hydrogens is 242 g/mol. The van der Waals surface area contributed by atoms with Crippen LogP contribution in [-0.2, 0) is 13.1 Å². The van der Waals surface area contributed by atoms with Crippen LogP contribution in [0.3, 0.4) is 0 Å². The van der Waals surface area contributed by atoms with Crippen LogP contribution in [-0.4, -0.2) is 21.2 Å². The molecule has 7 heteroatoms. The van der Waals surface area contributed by atoms with E-state index in [-0.39, 0.29) is 5.01 Å². The summed E-state index contributed by atoms with van der Waals surface area (Å²) in [4.78, 5) is 14.6. The number of aryl methyl sites for hydroxylation is 1. The van der Waals surface area contributed by atoms with Gasteiger partial charge in [0.1, 0.15) is 5.76 Å². The summed E-state index contributed by atoms with van der Waals surface area (Å²) < 4.78 is 4.92. The molecule has 0 saturated heterocycles. The first-order valence-corrected chi connectivity index (χ1v) is 5.83. The van der Waals surface area contributed by atoms with Gasteiger partial charge in [-0.15, -0.1) is 11.3 Å². The van der Waals surface area contributed by atoms with Gasteiger partial charge in [-0.3, -0.25) is 0 Å². The van der Waals surface area contributed by atoms with E-state index in [0.29, 0.717) is 18.8 Å². The Morgan fingerprint density at radius 1 is 1.53 bits per heavy atom. The number of aromatic nitrogens is 2. The maximum atomic E-state index is 10.6. The van der Waals surface area contributed by atoms with Crippen molar-refractivity contribution in [1.29, 1.82) is 0 Å². The molecule has 0 atom stereocenters. The number of thiazole rings is 1. The van der Waals surface area contributed by atoms with Crippen molar-refractivity contribution in [2.45, 2.75) is 20.0 Å². The second-order valence-corrected chi connectivity index (χ2v) is 4.34. The van der Waals surface area contributed by atoms with Gasteiger partial charge in [0.2, 0.25) is 5.01 Å². The van der Waals surface area contributed by atoms with E-state index < -0.39 is 5.97 Å². The summed E-state index contributed by atoms with van der Waals surface area (Å²) >= 11 is 1.12. The van der Waals surface area contributed by atoms with Crippen LogP contribution in [0.5, 0.6) is 0 Å². The third-order valence-corrected chi connectivity index (χ3v) is 2.90. The van der Waals surface area contributed by atoms with Gasteiger partial charge in [0.15, 0.2) is 0 Å². The summed E-state index contributed by atoms with van der Waals surface area (Å²) in [5.74, 6) is -0.225. The summed E-state index contributed by atoms with van der Waals surface area (Å²) in [5.41, 5.74) is 1.53. The fourth-order valence-corrected chi connectivity index (χ4v) is 1.96. The lowest BCUT2D eigenvalue weighted by atomic mass is 10.3. The Hall–Kier alpha value is -1.73. The molecule has 0 aromatic carbocycles. The third kappa shape index (κ3) is 3.11. The summed E-state index contributed by atoms with van der Waals surface area (Å²) in [6.07, 6.45) is 0. The third-order valence-electron chi connectivity index (χ3n) is 2.02. The summed E-state index contributed by atoms with van der Waals surface area (Å²) in [6.45, 7) is 2.91.